The Hall–Kier alpha value is -0.860. The van der Waals surface area contributed by atoms with Gasteiger partial charge in [-0.2, -0.15) is 0 Å². The van der Waals surface area contributed by atoms with Crippen molar-refractivity contribution in [1.29, 1.82) is 0 Å². The average molecular weight is 274 g/mol. The Labute approximate surface area is 124 Å². The van der Waals surface area contributed by atoms with Gasteiger partial charge in [0, 0.05) is 12.6 Å². The fourth-order valence-electron chi connectivity index (χ4n) is 3.10. The molecule has 1 saturated heterocycles. The van der Waals surface area contributed by atoms with Gasteiger partial charge in [-0.15, -0.1) is 0 Å². The highest BCUT2D eigenvalue weighted by atomic mass is 15.2. The molecule has 1 heterocycles. The van der Waals surface area contributed by atoms with Crippen molar-refractivity contribution < 1.29 is 0 Å². The molecule has 0 amide bonds. The molecule has 2 atom stereocenters. The van der Waals surface area contributed by atoms with Crippen LogP contribution in [0, 0.1) is 5.92 Å². The van der Waals surface area contributed by atoms with Gasteiger partial charge in [-0.3, -0.25) is 4.90 Å². The van der Waals surface area contributed by atoms with E-state index in [1.54, 1.807) is 0 Å². The highest BCUT2D eigenvalue weighted by molar-refractivity contribution is 5.23. The van der Waals surface area contributed by atoms with Gasteiger partial charge in [-0.25, -0.2) is 0 Å². The predicted molar refractivity (Wildman–Crippen MR) is 87.0 cm³/mol. The van der Waals surface area contributed by atoms with E-state index < -0.39 is 0 Å². The van der Waals surface area contributed by atoms with Crippen molar-refractivity contribution in [2.45, 2.75) is 52.6 Å². The zero-order valence-corrected chi connectivity index (χ0v) is 13.4. The lowest BCUT2D eigenvalue weighted by atomic mass is 9.91. The fourth-order valence-corrected chi connectivity index (χ4v) is 3.10. The summed E-state index contributed by atoms with van der Waals surface area (Å²) in [5.41, 5.74) is 2.90. The molecule has 0 aromatic heterocycles. The molecule has 2 rings (SSSR count). The summed E-state index contributed by atoms with van der Waals surface area (Å²) in [4.78, 5) is 2.64. The lowest BCUT2D eigenvalue weighted by molar-refractivity contribution is 0.106. The molecule has 0 aliphatic carbocycles. The van der Waals surface area contributed by atoms with E-state index in [4.69, 9.17) is 0 Å². The van der Waals surface area contributed by atoms with E-state index in [0.717, 1.165) is 38.0 Å². The van der Waals surface area contributed by atoms with Gasteiger partial charge in [0.15, 0.2) is 0 Å². The third-order valence-corrected chi connectivity index (χ3v) is 4.75. The summed E-state index contributed by atoms with van der Waals surface area (Å²) in [6, 6.07) is 9.94. The van der Waals surface area contributed by atoms with E-state index in [0.29, 0.717) is 0 Å². The van der Waals surface area contributed by atoms with Crippen molar-refractivity contribution in [3.63, 3.8) is 0 Å². The second kappa shape index (κ2) is 7.80. The number of nitrogens with zero attached hydrogens (tertiary/aromatic N) is 1. The van der Waals surface area contributed by atoms with Crippen LogP contribution < -0.4 is 5.32 Å². The molecule has 0 bridgehead atoms. The maximum absolute atomic E-state index is 3.38. The van der Waals surface area contributed by atoms with Crippen LogP contribution >= 0.6 is 0 Å². The van der Waals surface area contributed by atoms with E-state index in [1.165, 1.54) is 30.5 Å². The third kappa shape index (κ3) is 4.32. The number of nitrogens with one attached hydrogen (secondary N) is 1. The average Bonchev–Trinajstić information content (AvgIpc) is 2.46. The van der Waals surface area contributed by atoms with E-state index >= 15 is 0 Å². The molecule has 20 heavy (non-hydrogen) atoms. The molecule has 1 N–H and O–H groups in total. The molecule has 0 radical (unpaired) electrons. The number of likely N-dealkylation sites (N-methyl/N-ethyl adjacent to an activating group) is 1. The summed E-state index contributed by atoms with van der Waals surface area (Å²) in [6.07, 6.45) is 3.87. The number of rotatable bonds is 6. The smallest absolute Gasteiger partial charge is 0.0236 e. The first kappa shape index (κ1) is 15.5. The summed E-state index contributed by atoms with van der Waals surface area (Å²) in [5.74, 6) is 0.836. The molecule has 2 heteroatoms. The van der Waals surface area contributed by atoms with Gasteiger partial charge in [0.2, 0.25) is 0 Å². The second-order valence-electron chi connectivity index (χ2n) is 6.25. The second-order valence-corrected chi connectivity index (χ2v) is 6.25. The molecular formula is C18H30N2. The monoisotopic (exact) mass is 274 g/mol. The Morgan fingerprint density at radius 2 is 1.85 bits per heavy atom. The molecule has 1 fully saturated rings. The van der Waals surface area contributed by atoms with Gasteiger partial charge in [0.25, 0.3) is 0 Å². The van der Waals surface area contributed by atoms with E-state index in [-0.39, 0.29) is 0 Å². The van der Waals surface area contributed by atoms with Crippen molar-refractivity contribution in [1.82, 2.24) is 10.2 Å². The van der Waals surface area contributed by atoms with E-state index in [1.807, 2.05) is 0 Å². The molecule has 112 valence electrons. The Kier molecular flexibility index (Phi) is 6.06. The van der Waals surface area contributed by atoms with Crippen molar-refractivity contribution in [3.8, 4) is 0 Å². The van der Waals surface area contributed by atoms with Crippen LogP contribution in [0.3, 0.4) is 0 Å². The summed E-state index contributed by atoms with van der Waals surface area (Å²) >= 11 is 0. The number of piperidine rings is 1. The van der Waals surface area contributed by atoms with Crippen LogP contribution in [0.5, 0.6) is 0 Å². The quantitative estimate of drug-likeness (QED) is 0.799. The standard InChI is InChI=1S/C18H30N2/c1-4-19-12-11-17-7-9-18(10-8-17)14-20-13-5-6-15(2)16(20)3/h7-10,15-16,19H,4-6,11-14H2,1-3H3. The minimum Gasteiger partial charge on any atom is -0.317 e. The number of benzene rings is 1. The summed E-state index contributed by atoms with van der Waals surface area (Å²) in [6.45, 7) is 11.4. The van der Waals surface area contributed by atoms with Crippen LogP contribution in [0.2, 0.25) is 0 Å². The summed E-state index contributed by atoms with van der Waals surface area (Å²) in [5, 5.41) is 3.38. The Bertz CT molecular complexity index is 385. The largest absolute Gasteiger partial charge is 0.317 e. The zero-order valence-electron chi connectivity index (χ0n) is 13.4. The molecule has 0 spiro atoms. The Balaban J connectivity index is 1.86. The lowest BCUT2D eigenvalue weighted by Crippen LogP contribution is -2.41. The van der Waals surface area contributed by atoms with Gasteiger partial charge in [0.05, 0.1) is 0 Å². The van der Waals surface area contributed by atoms with Crippen molar-refractivity contribution in [3.05, 3.63) is 35.4 Å². The van der Waals surface area contributed by atoms with Crippen LogP contribution in [0.25, 0.3) is 0 Å². The minimum absolute atomic E-state index is 0.720. The molecule has 2 nitrogen and oxygen atoms in total. The summed E-state index contributed by atoms with van der Waals surface area (Å²) in [7, 11) is 0. The van der Waals surface area contributed by atoms with Crippen LogP contribution in [-0.2, 0) is 13.0 Å². The number of hydrogen-bond donors (Lipinski definition) is 1. The number of likely N-dealkylation sites (tertiary alicyclic amines) is 1. The molecule has 1 aromatic carbocycles. The van der Waals surface area contributed by atoms with Crippen LogP contribution in [0.1, 0.15) is 44.7 Å². The SMILES string of the molecule is CCNCCc1ccc(CN2CCCC(C)C2C)cc1. The van der Waals surface area contributed by atoms with E-state index in [2.05, 4.69) is 55.3 Å². The van der Waals surface area contributed by atoms with Crippen molar-refractivity contribution >= 4 is 0 Å². The first-order valence-electron chi connectivity index (χ1n) is 8.23. The van der Waals surface area contributed by atoms with Crippen LogP contribution in [-0.4, -0.2) is 30.6 Å². The summed E-state index contributed by atoms with van der Waals surface area (Å²) < 4.78 is 0. The predicted octanol–water partition coefficient (Wildman–Crippen LogP) is 3.46. The molecule has 1 aromatic rings. The first-order chi connectivity index (χ1) is 9.70. The highest BCUT2D eigenvalue weighted by Crippen LogP contribution is 2.24. The van der Waals surface area contributed by atoms with Gasteiger partial charge in [0.1, 0.15) is 0 Å². The Morgan fingerprint density at radius 3 is 2.55 bits per heavy atom. The lowest BCUT2D eigenvalue weighted by Gasteiger charge is -2.38. The zero-order chi connectivity index (χ0) is 14.4. The third-order valence-electron chi connectivity index (χ3n) is 4.75. The van der Waals surface area contributed by atoms with Crippen LogP contribution in [0.4, 0.5) is 0 Å². The van der Waals surface area contributed by atoms with Gasteiger partial charge < -0.3 is 5.32 Å². The highest BCUT2D eigenvalue weighted by Gasteiger charge is 2.24. The van der Waals surface area contributed by atoms with Gasteiger partial charge >= 0.3 is 0 Å². The van der Waals surface area contributed by atoms with Gasteiger partial charge in [-0.05, 0) is 62.9 Å². The van der Waals surface area contributed by atoms with Crippen molar-refractivity contribution in [2.24, 2.45) is 5.92 Å². The normalized spacial score (nSPS) is 23.9. The Morgan fingerprint density at radius 1 is 1.15 bits per heavy atom. The molecule has 1 aliphatic heterocycles. The van der Waals surface area contributed by atoms with Crippen LogP contribution in [0.15, 0.2) is 24.3 Å². The maximum Gasteiger partial charge on any atom is 0.0236 e. The topological polar surface area (TPSA) is 15.3 Å². The maximum atomic E-state index is 3.38. The number of hydrogen-bond acceptors (Lipinski definition) is 2. The molecule has 1 aliphatic rings. The van der Waals surface area contributed by atoms with E-state index in [9.17, 15) is 0 Å². The van der Waals surface area contributed by atoms with Crippen molar-refractivity contribution in [2.75, 3.05) is 19.6 Å². The molecule has 2 unspecified atom stereocenters. The minimum atomic E-state index is 0.720. The molecule has 0 saturated carbocycles. The fraction of sp³-hybridized carbons (Fsp3) is 0.667. The van der Waals surface area contributed by atoms with Gasteiger partial charge in [-0.1, -0.05) is 38.1 Å². The first-order valence-corrected chi connectivity index (χ1v) is 8.23. The molecular weight excluding hydrogens is 244 g/mol.